The zero-order valence-electron chi connectivity index (χ0n) is 11.5. The van der Waals surface area contributed by atoms with Gasteiger partial charge in [-0.3, -0.25) is 4.79 Å². The number of allylic oxidation sites excluding steroid dienone is 1. The van der Waals surface area contributed by atoms with Crippen LogP contribution in [-0.2, 0) is 4.79 Å². The highest BCUT2D eigenvalue weighted by atomic mass is 16.2. The van der Waals surface area contributed by atoms with Gasteiger partial charge >= 0.3 is 6.03 Å². The van der Waals surface area contributed by atoms with Gasteiger partial charge in [0.15, 0.2) is 0 Å². The molecule has 5 nitrogen and oxygen atoms in total. The first-order valence-electron chi connectivity index (χ1n) is 6.49. The second-order valence-electron chi connectivity index (χ2n) is 4.77. The molecule has 3 amide bonds. The van der Waals surface area contributed by atoms with Crippen molar-refractivity contribution in [2.75, 3.05) is 0 Å². The van der Waals surface area contributed by atoms with Crippen molar-refractivity contribution in [3.8, 4) is 0 Å². The number of nitrogens with one attached hydrogen (secondary N) is 1. The summed E-state index contributed by atoms with van der Waals surface area (Å²) >= 11 is 0. The van der Waals surface area contributed by atoms with Crippen molar-refractivity contribution in [3.63, 3.8) is 0 Å². The van der Waals surface area contributed by atoms with Gasteiger partial charge in [-0.2, -0.15) is 5.10 Å². The lowest BCUT2D eigenvalue weighted by Gasteiger charge is -2.17. The fourth-order valence-corrected chi connectivity index (χ4v) is 1.84. The molecule has 1 aromatic rings. The fourth-order valence-electron chi connectivity index (χ4n) is 1.84. The zero-order chi connectivity index (χ0) is 14.6. The maximum atomic E-state index is 12.0. The van der Waals surface area contributed by atoms with Gasteiger partial charge in [-0.05, 0) is 25.0 Å². The molecule has 0 saturated carbocycles. The van der Waals surface area contributed by atoms with E-state index in [4.69, 9.17) is 0 Å². The van der Waals surface area contributed by atoms with Gasteiger partial charge in [0.1, 0.15) is 5.54 Å². The van der Waals surface area contributed by atoms with Gasteiger partial charge in [0.05, 0.1) is 0 Å². The molecule has 20 heavy (non-hydrogen) atoms. The minimum Gasteiger partial charge on any atom is -0.322 e. The third-order valence-corrected chi connectivity index (χ3v) is 3.30. The highest BCUT2D eigenvalue weighted by Crippen LogP contribution is 2.20. The van der Waals surface area contributed by atoms with Gasteiger partial charge in [-0.1, -0.05) is 43.3 Å². The Bertz CT molecular complexity index is 566. The summed E-state index contributed by atoms with van der Waals surface area (Å²) in [7, 11) is 0. The lowest BCUT2D eigenvalue weighted by molar-refractivity contribution is -0.130. The van der Waals surface area contributed by atoms with E-state index in [1.165, 1.54) is 6.21 Å². The summed E-state index contributed by atoms with van der Waals surface area (Å²) in [4.78, 5) is 23.7. The fraction of sp³-hybridized carbons (Fsp3) is 0.267. The van der Waals surface area contributed by atoms with E-state index < -0.39 is 11.6 Å². The van der Waals surface area contributed by atoms with E-state index in [1.54, 1.807) is 13.0 Å². The van der Waals surface area contributed by atoms with Crippen molar-refractivity contribution >= 4 is 24.2 Å². The van der Waals surface area contributed by atoms with E-state index >= 15 is 0 Å². The maximum absolute atomic E-state index is 12.0. The van der Waals surface area contributed by atoms with E-state index in [-0.39, 0.29) is 5.91 Å². The molecule has 1 N–H and O–H groups in total. The Hall–Kier alpha value is -2.43. The monoisotopic (exact) mass is 271 g/mol. The van der Waals surface area contributed by atoms with Crippen LogP contribution in [-0.4, -0.2) is 28.7 Å². The molecule has 1 fully saturated rings. The standard InChI is InChI=1S/C15H17N3O2/c1-3-15(2)13(19)18(14(20)17-15)16-11-7-10-12-8-5-4-6-9-12/h4-11H,3H2,1-2H3,(H,17,20)/b10-7+,16-11+. The number of benzene rings is 1. The van der Waals surface area contributed by atoms with E-state index in [1.807, 2.05) is 43.3 Å². The van der Waals surface area contributed by atoms with Gasteiger partial charge in [-0.25, -0.2) is 4.79 Å². The lowest BCUT2D eigenvalue weighted by atomic mass is 10.00. The Labute approximate surface area is 118 Å². The van der Waals surface area contributed by atoms with Crippen LogP contribution in [0.2, 0.25) is 0 Å². The molecule has 0 radical (unpaired) electrons. The number of imide groups is 1. The SMILES string of the molecule is CCC1(C)NC(=O)N(/N=C/C=C/c2ccccc2)C1=O. The van der Waals surface area contributed by atoms with Gasteiger partial charge in [-0.15, -0.1) is 5.01 Å². The summed E-state index contributed by atoms with van der Waals surface area (Å²) in [5.41, 5.74) is 0.173. The van der Waals surface area contributed by atoms with Gasteiger partial charge in [0.25, 0.3) is 5.91 Å². The van der Waals surface area contributed by atoms with E-state index in [9.17, 15) is 9.59 Å². The Morgan fingerprint density at radius 2 is 2.00 bits per heavy atom. The summed E-state index contributed by atoms with van der Waals surface area (Å²) in [6.45, 7) is 3.54. The van der Waals surface area contributed by atoms with Crippen molar-refractivity contribution in [2.45, 2.75) is 25.8 Å². The van der Waals surface area contributed by atoms with Crippen LogP contribution in [0.4, 0.5) is 4.79 Å². The molecule has 1 unspecified atom stereocenters. The van der Waals surface area contributed by atoms with Crippen LogP contribution in [0.15, 0.2) is 41.5 Å². The number of hydrogen-bond acceptors (Lipinski definition) is 3. The first-order chi connectivity index (χ1) is 9.57. The number of rotatable bonds is 4. The molecule has 1 aliphatic rings. The number of carbonyl (C=O) groups excluding carboxylic acids is 2. The Balaban J connectivity index is 2.03. The van der Waals surface area contributed by atoms with Gasteiger partial charge < -0.3 is 5.32 Å². The summed E-state index contributed by atoms with van der Waals surface area (Å²) in [6, 6.07) is 9.22. The van der Waals surface area contributed by atoms with Crippen LogP contribution in [0.5, 0.6) is 0 Å². The Morgan fingerprint density at radius 1 is 1.30 bits per heavy atom. The summed E-state index contributed by atoms with van der Waals surface area (Å²) in [6.07, 6.45) is 5.51. The second-order valence-corrected chi connectivity index (χ2v) is 4.77. The van der Waals surface area contributed by atoms with Crippen LogP contribution < -0.4 is 5.32 Å². The van der Waals surface area contributed by atoms with Crippen LogP contribution in [0.3, 0.4) is 0 Å². The van der Waals surface area contributed by atoms with Crippen LogP contribution in [0.1, 0.15) is 25.8 Å². The molecular weight excluding hydrogens is 254 g/mol. The third kappa shape index (κ3) is 2.77. The number of carbonyl (C=O) groups is 2. The molecular formula is C15H17N3O2. The lowest BCUT2D eigenvalue weighted by Crippen LogP contribution is -2.42. The molecule has 1 saturated heterocycles. The smallest absolute Gasteiger partial charge is 0.322 e. The third-order valence-electron chi connectivity index (χ3n) is 3.30. The predicted octanol–water partition coefficient (Wildman–Crippen LogP) is 2.41. The number of nitrogens with zero attached hydrogens (tertiary/aromatic N) is 2. The molecule has 1 aliphatic heterocycles. The van der Waals surface area contributed by atoms with Crippen LogP contribution in [0, 0.1) is 0 Å². The van der Waals surface area contributed by atoms with Crippen molar-refractivity contribution < 1.29 is 9.59 Å². The molecule has 0 aliphatic carbocycles. The summed E-state index contributed by atoms with van der Waals surface area (Å²) in [5.74, 6) is -0.325. The largest absolute Gasteiger partial charge is 0.346 e. The van der Waals surface area contributed by atoms with E-state index in [0.717, 1.165) is 10.6 Å². The number of amides is 3. The number of hydrogen-bond donors (Lipinski definition) is 1. The Morgan fingerprint density at radius 3 is 2.60 bits per heavy atom. The van der Waals surface area contributed by atoms with Crippen LogP contribution >= 0.6 is 0 Å². The quantitative estimate of drug-likeness (QED) is 0.675. The average molecular weight is 271 g/mol. The molecule has 0 spiro atoms. The second kappa shape index (κ2) is 5.69. The molecule has 1 heterocycles. The molecule has 0 aromatic heterocycles. The van der Waals surface area contributed by atoms with Crippen molar-refractivity contribution in [3.05, 3.63) is 42.0 Å². The first-order valence-corrected chi connectivity index (χ1v) is 6.49. The minimum absolute atomic E-state index is 0.325. The van der Waals surface area contributed by atoms with E-state index in [2.05, 4.69) is 10.4 Å². The molecule has 5 heteroatoms. The van der Waals surface area contributed by atoms with Gasteiger partial charge in [0.2, 0.25) is 0 Å². The van der Waals surface area contributed by atoms with Crippen molar-refractivity contribution in [2.24, 2.45) is 5.10 Å². The maximum Gasteiger partial charge on any atom is 0.346 e. The summed E-state index contributed by atoms with van der Waals surface area (Å²) < 4.78 is 0. The highest BCUT2D eigenvalue weighted by Gasteiger charge is 2.46. The first kappa shape index (κ1) is 14.0. The van der Waals surface area contributed by atoms with Gasteiger partial charge in [0, 0.05) is 6.21 Å². The van der Waals surface area contributed by atoms with E-state index in [0.29, 0.717) is 6.42 Å². The molecule has 1 aromatic carbocycles. The number of urea groups is 1. The topological polar surface area (TPSA) is 61.8 Å². The Kier molecular flexibility index (Phi) is 3.98. The van der Waals surface area contributed by atoms with Crippen molar-refractivity contribution in [1.29, 1.82) is 0 Å². The molecule has 2 rings (SSSR count). The summed E-state index contributed by atoms with van der Waals surface area (Å²) in [5, 5.41) is 7.42. The predicted molar refractivity (Wildman–Crippen MR) is 78.0 cm³/mol. The average Bonchev–Trinajstić information content (AvgIpc) is 2.68. The molecule has 104 valence electrons. The zero-order valence-corrected chi connectivity index (χ0v) is 11.5. The minimum atomic E-state index is -0.850. The molecule has 1 atom stereocenters. The highest BCUT2D eigenvalue weighted by molar-refractivity contribution is 6.07. The van der Waals surface area contributed by atoms with Crippen LogP contribution in [0.25, 0.3) is 6.08 Å². The molecule has 0 bridgehead atoms. The van der Waals surface area contributed by atoms with Crippen molar-refractivity contribution in [1.82, 2.24) is 10.3 Å². The normalized spacial score (nSPS) is 23.0. The number of hydrazone groups is 1.